The van der Waals surface area contributed by atoms with E-state index in [1.54, 1.807) is 17.4 Å². The standard InChI is InChI=1S/C18H13N3O2S/c1-23-18(22)15-10-14(16-8-5-9-24-16)19-17-11-13(20-21(15)17)12-6-3-2-4-7-12/h2-11H,1H3. The van der Waals surface area contributed by atoms with Crippen molar-refractivity contribution in [3.8, 4) is 21.8 Å². The number of aromatic nitrogens is 3. The third-order valence-electron chi connectivity index (χ3n) is 3.66. The predicted octanol–water partition coefficient (Wildman–Crippen LogP) is 3.91. The van der Waals surface area contributed by atoms with Crippen LogP contribution in [0.2, 0.25) is 0 Å². The number of methoxy groups -OCH3 is 1. The summed E-state index contributed by atoms with van der Waals surface area (Å²) in [6.07, 6.45) is 0. The van der Waals surface area contributed by atoms with Crippen LogP contribution in [-0.4, -0.2) is 27.7 Å². The largest absolute Gasteiger partial charge is 0.464 e. The van der Waals surface area contributed by atoms with E-state index in [1.165, 1.54) is 11.6 Å². The first kappa shape index (κ1) is 14.6. The number of esters is 1. The first-order valence-electron chi connectivity index (χ1n) is 7.35. The highest BCUT2D eigenvalue weighted by atomic mass is 32.1. The van der Waals surface area contributed by atoms with E-state index in [4.69, 9.17) is 4.74 Å². The molecular formula is C18H13N3O2S. The van der Waals surface area contributed by atoms with E-state index in [2.05, 4.69) is 10.1 Å². The van der Waals surface area contributed by atoms with Crippen molar-refractivity contribution in [2.75, 3.05) is 7.11 Å². The zero-order chi connectivity index (χ0) is 16.5. The number of nitrogens with zero attached hydrogens (tertiary/aromatic N) is 3. The molecule has 0 bridgehead atoms. The second-order valence-corrected chi connectivity index (χ2v) is 6.11. The van der Waals surface area contributed by atoms with Crippen LogP contribution >= 0.6 is 11.3 Å². The van der Waals surface area contributed by atoms with Gasteiger partial charge in [0.2, 0.25) is 0 Å². The van der Waals surface area contributed by atoms with Crippen LogP contribution in [0.1, 0.15) is 10.5 Å². The molecule has 0 atom stereocenters. The molecule has 0 radical (unpaired) electrons. The highest BCUT2D eigenvalue weighted by molar-refractivity contribution is 7.13. The molecule has 24 heavy (non-hydrogen) atoms. The van der Waals surface area contributed by atoms with Crippen molar-refractivity contribution in [2.45, 2.75) is 0 Å². The van der Waals surface area contributed by atoms with Gasteiger partial charge in [0.05, 0.1) is 23.4 Å². The molecular weight excluding hydrogens is 322 g/mol. The third-order valence-corrected chi connectivity index (χ3v) is 4.56. The lowest BCUT2D eigenvalue weighted by Gasteiger charge is -2.05. The van der Waals surface area contributed by atoms with Crippen molar-refractivity contribution >= 4 is 23.0 Å². The number of benzene rings is 1. The smallest absolute Gasteiger partial charge is 0.356 e. The Morgan fingerprint density at radius 3 is 2.62 bits per heavy atom. The fourth-order valence-electron chi connectivity index (χ4n) is 2.52. The van der Waals surface area contributed by atoms with Gasteiger partial charge < -0.3 is 4.74 Å². The fourth-order valence-corrected chi connectivity index (χ4v) is 3.21. The number of ether oxygens (including phenoxy) is 1. The summed E-state index contributed by atoms with van der Waals surface area (Å²) in [7, 11) is 1.36. The minimum atomic E-state index is -0.442. The Morgan fingerprint density at radius 2 is 1.92 bits per heavy atom. The summed E-state index contributed by atoms with van der Waals surface area (Å²) in [5.41, 5.74) is 3.43. The van der Waals surface area contributed by atoms with Gasteiger partial charge in [-0.05, 0) is 17.5 Å². The Labute approximate surface area is 142 Å². The molecule has 0 saturated carbocycles. The van der Waals surface area contributed by atoms with Crippen LogP contribution in [0.3, 0.4) is 0 Å². The van der Waals surface area contributed by atoms with Crippen molar-refractivity contribution in [1.29, 1.82) is 0 Å². The molecule has 3 aromatic heterocycles. The second kappa shape index (κ2) is 5.90. The maximum absolute atomic E-state index is 12.2. The summed E-state index contributed by atoms with van der Waals surface area (Å²) in [4.78, 5) is 17.8. The topological polar surface area (TPSA) is 56.5 Å². The highest BCUT2D eigenvalue weighted by Gasteiger charge is 2.17. The highest BCUT2D eigenvalue weighted by Crippen LogP contribution is 2.26. The number of fused-ring (bicyclic) bond motifs is 1. The average Bonchev–Trinajstić information content (AvgIpc) is 3.30. The Kier molecular flexibility index (Phi) is 3.59. The van der Waals surface area contributed by atoms with E-state index in [-0.39, 0.29) is 0 Å². The Hall–Kier alpha value is -2.99. The van der Waals surface area contributed by atoms with Gasteiger partial charge in [-0.3, -0.25) is 0 Å². The van der Waals surface area contributed by atoms with Gasteiger partial charge in [-0.1, -0.05) is 36.4 Å². The number of hydrogen-bond acceptors (Lipinski definition) is 5. The summed E-state index contributed by atoms with van der Waals surface area (Å²) in [5.74, 6) is -0.442. The van der Waals surface area contributed by atoms with Gasteiger partial charge in [0.1, 0.15) is 0 Å². The molecule has 0 unspecified atom stereocenters. The fraction of sp³-hybridized carbons (Fsp3) is 0.0556. The van der Waals surface area contributed by atoms with E-state index in [0.717, 1.165) is 21.8 Å². The van der Waals surface area contributed by atoms with Gasteiger partial charge in [0.25, 0.3) is 0 Å². The number of carbonyl (C=O) groups excluding carboxylic acids is 1. The molecule has 1 aromatic carbocycles. The normalized spacial score (nSPS) is 10.9. The molecule has 0 N–H and O–H groups in total. The number of hydrogen-bond donors (Lipinski definition) is 0. The molecule has 6 heteroatoms. The van der Waals surface area contributed by atoms with Crippen molar-refractivity contribution in [3.05, 3.63) is 65.7 Å². The quantitative estimate of drug-likeness (QED) is 0.533. The van der Waals surface area contributed by atoms with Crippen LogP contribution in [0, 0.1) is 0 Å². The lowest BCUT2D eigenvalue weighted by Crippen LogP contribution is -2.10. The van der Waals surface area contributed by atoms with Crippen molar-refractivity contribution in [3.63, 3.8) is 0 Å². The first-order chi connectivity index (χ1) is 11.8. The van der Waals surface area contributed by atoms with Crippen LogP contribution in [0.25, 0.3) is 27.5 Å². The SMILES string of the molecule is COC(=O)c1cc(-c2cccs2)nc2cc(-c3ccccc3)nn12. The van der Waals surface area contributed by atoms with E-state index in [0.29, 0.717) is 11.3 Å². The molecule has 3 heterocycles. The zero-order valence-electron chi connectivity index (χ0n) is 12.8. The maximum atomic E-state index is 12.2. The van der Waals surface area contributed by atoms with Crippen LogP contribution in [0.4, 0.5) is 0 Å². The second-order valence-electron chi connectivity index (χ2n) is 5.16. The van der Waals surface area contributed by atoms with E-state index in [1.807, 2.05) is 53.9 Å². The Balaban J connectivity index is 1.95. The van der Waals surface area contributed by atoms with Crippen LogP contribution in [-0.2, 0) is 4.74 Å². The van der Waals surface area contributed by atoms with Gasteiger partial charge in [-0.15, -0.1) is 11.3 Å². The molecule has 0 spiro atoms. The number of rotatable bonds is 3. The summed E-state index contributed by atoms with van der Waals surface area (Å²) >= 11 is 1.57. The molecule has 0 aliphatic carbocycles. The van der Waals surface area contributed by atoms with Crippen molar-refractivity contribution < 1.29 is 9.53 Å². The predicted molar refractivity (Wildman–Crippen MR) is 93.1 cm³/mol. The van der Waals surface area contributed by atoms with Crippen molar-refractivity contribution in [2.24, 2.45) is 0 Å². The maximum Gasteiger partial charge on any atom is 0.356 e. The summed E-state index contributed by atoms with van der Waals surface area (Å²) in [6.45, 7) is 0. The van der Waals surface area contributed by atoms with Crippen molar-refractivity contribution in [1.82, 2.24) is 14.6 Å². The monoisotopic (exact) mass is 335 g/mol. The number of carbonyl (C=O) groups is 1. The van der Waals surface area contributed by atoms with Crippen LogP contribution in [0.15, 0.2) is 60.0 Å². The molecule has 118 valence electrons. The average molecular weight is 335 g/mol. The zero-order valence-corrected chi connectivity index (χ0v) is 13.7. The minimum Gasteiger partial charge on any atom is -0.464 e. The lowest BCUT2D eigenvalue weighted by molar-refractivity contribution is 0.0590. The summed E-state index contributed by atoms with van der Waals surface area (Å²) in [5, 5.41) is 6.51. The Bertz CT molecular complexity index is 1010. The summed E-state index contributed by atoms with van der Waals surface area (Å²) < 4.78 is 6.44. The van der Waals surface area contributed by atoms with Gasteiger partial charge in [-0.25, -0.2) is 14.3 Å². The van der Waals surface area contributed by atoms with Gasteiger partial charge in [-0.2, -0.15) is 5.10 Å². The number of thiophene rings is 1. The lowest BCUT2D eigenvalue weighted by atomic mass is 10.2. The molecule has 4 aromatic rings. The van der Waals surface area contributed by atoms with E-state index < -0.39 is 5.97 Å². The van der Waals surface area contributed by atoms with Gasteiger partial charge >= 0.3 is 5.97 Å². The Morgan fingerprint density at radius 1 is 1.08 bits per heavy atom. The van der Waals surface area contributed by atoms with E-state index >= 15 is 0 Å². The third kappa shape index (κ3) is 2.47. The minimum absolute atomic E-state index is 0.355. The van der Waals surface area contributed by atoms with Gasteiger partial charge in [0, 0.05) is 11.6 Å². The molecule has 0 fully saturated rings. The molecule has 0 saturated heterocycles. The molecule has 5 nitrogen and oxygen atoms in total. The van der Waals surface area contributed by atoms with Gasteiger partial charge in [0.15, 0.2) is 11.3 Å². The van der Waals surface area contributed by atoms with E-state index in [9.17, 15) is 4.79 Å². The molecule has 0 aliphatic rings. The first-order valence-corrected chi connectivity index (χ1v) is 8.22. The molecule has 0 aliphatic heterocycles. The van der Waals surface area contributed by atoms with Crippen LogP contribution in [0.5, 0.6) is 0 Å². The summed E-state index contributed by atoms with van der Waals surface area (Å²) in [6, 6.07) is 17.3. The molecule has 4 rings (SSSR count). The van der Waals surface area contributed by atoms with Crippen LogP contribution < -0.4 is 0 Å². The molecule has 0 amide bonds.